The summed E-state index contributed by atoms with van der Waals surface area (Å²) in [4.78, 5) is 12.5. The van der Waals surface area contributed by atoms with Gasteiger partial charge in [0.15, 0.2) is 0 Å². The zero-order chi connectivity index (χ0) is 20.1. The van der Waals surface area contributed by atoms with Gasteiger partial charge in [0.1, 0.15) is 0 Å². The van der Waals surface area contributed by atoms with Crippen molar-refractivity contribution in [3.8, 4) is 0 Å². The molecule has 1 fully saturated rings. The topological polar surface area (TPSA) is 66.5 Å². The molecule has 2 aromatic rings. The Morgan fingerprint density at radius 3 is 2.32 bits per heavy atom. The van der Waals surface area contributed by atoms with Gasteiger partial charge in [0.25, 0.3) is 0 Å². The maximum absolute atomic E-state index is 12.7. The Morgan fingerprint density at radius 2 is 1.68 bits per heavy atom. The van der Waals surface area contributed by atoms with Gasteiger partial charge in [-0.3, -0.25) is 4.79 Å². The fourth-order valence-electron chi connectivity index (χ4n) is 3.14. The maximum atomic E-state index is 12.7. The summed E-state index contributed by atoms with van der Waals surface area (Å²) in [6.07, 6.45) is 3.03. The van der Waals surface area contributed by atoms with Crippen molar-refractivity contribution in [3.63, 3.8) is 0 Å². The molecule has 0 spiro atoms. The zero-order valence-corrected chi connectivity index (χ0v) is 17.7. The number of piperidine rings is 1. The fraction of sp³-hybridized carbons (Fsp3) is 0.350. The molecule has 28 heavy (non-hydrogen) atoms. The van der Waals surface area contributed by atoms with Crippen LogP contribution in [0.2, 0.25) is 10.0 Å². The molecular weight excluding hydrogens is 419 g/mol. The molecule has 1 heterocycles. The van der Waals surface area contributed by atoms with Crippen molar-refractivity contribution in [1.29, 1.82) is 0 Å². The summed E-state index contributed by atoms with van der Waals surface area (Å²) in [6, 6.07) is 11.6. The largest absolute Gasteiger partial charge is 0.352 e. The van der Waals surface area contributed by atoms with Crippen molar-refractivity contribution in [2.75, 3.05) is 13.1 Å². The van der Waals surface area contributed by atoms with Crippen molar-refractivity contribution in [3.05, 3.63) is 63.6 Å². The smallest absolute Gasteiger partial charge is 0.243 e. The predicted octanol–water partition coefficient (Wildman–Crippen LogP) is 4.03. The van der Waals surface area contributed by atoms with E-state index in [-0.39, 0.29) is 17.2 Å². The van der Waals surface area contributed by atoms with Crippen molar-refractivity contribution >= 4 is 39.1 Å². The normalized spacial score (nSPS) is 15.4. The van der Waals surface area contributed by atoms with Crippen LogP contribution in [-0.4, -0.2) is 31.7 Å². The van der Waals surface area contributed by atoms with Gasteiger partial charge in [0.2, 0.25) is 15.9 Å². The first kappa shape index (κ1) is 21.1. The number of nitrogens with one attached hydrogen (secondary N) is 1. The van der Waals surface area contributed by atoms with Gasteiger partial charge in [-0.05, 0) is 48.2 Å². The molecule has 3 rings (SSSR count). The van der Waals surface area contributed by atoms with Crippen molar-refractivity contribution in [1.82, 2.24) is 9.62 Å². The first-order valence-electron chi connectivity index (χ1n) is 9.16. The number of hydrogen-bond acceptors (Lipinski definition) is 3. The highest BCUT2D eigenvalue weighted by Gasteiger charge is 2.25. The van der Waals surface area contributed by atoms with E-state index in [0.29, 0.717) is 29.7 Å². The molecule has 0 radical (unpaired) electrons. The minimum absolute atomic E-state index is 0.162. The van der Waals surface area contributed by atoms with E-state index in [1.807, 2.05) is 0 Å². The number of rotatable bonds is 6. The van der Waals surface area contributed by atoms with Crippen LogP contribution in [0.1, 0.15) is 30.4 Å². The lowest BCUT2D eigenvalue weighted by atomic mass is 10.1. The van der Waals surface area contributed by atoms with E-state index in [4.69, 9.17) is 23.2 Å². The summed E-state index contributed by atoms with van der Waals surface area (Å²) < 4.78 is 26.9. The Bertz CT molecular complexity index is 940. The summed E-state index contributed by atoms with van der Waals surface area (Å²) in [5.74, 6) is -0.169. The van der Waals surface area contributed by atoms with E-state index < -0.39 is 10.0 Å². The van der Waals surface area contributed by atoms with E-state index in [0.717, 1.165) is 30.4 Å². The van der Waals surface area contributed by atoms with Gasteiger partial charge in [0, 0.05) is 29.7 Å². The lowest BCUT2D eigenvalue weighted by Gasteiger charge is -2.25. The monoisotopic (exact) mass is 440 g/mol. The molecule has 150 valence electrons. The fourth-order valence-corrected chi connectivity index (χ4v) is 5.13. The lowest BCUT2D eigenvalue weighted by Crippen LogP contribution is -2.35. The molecule has 1 amide bonds. The number of amides is 1. The van der Waals surface area contributed by atoms with Crippen LogP contribution >= 0.6 is 23.2 Å². The minimum atomic E-state index is -3.45. The Labute approximate surface area is 175 Å². The second kappa shape index (κ2) is 9.27. The molecule has 1 aliphatic rings. The summed E-state index contributed by atoms with van der Waals surface area (Å²) in [7, 11) is -3.45. The third-order valence-corrected chi connectivity index (χ3v) is 7.23. The molecule has 0 bridgehead atoms. The number of benzene rings is 2. The molecule has 2 aromatic carbocycles. The van der Waals surface area contributed by atoms with Crippen LogP contribution in [0.5, 0.6) is 0 Å². The Kier molecular flexibility index (Phi) is 6.99. The van der Waals surface area contributed by atoms with Crippen LogP contribution in [0.15, 0.2) is 47.4 Å². The second-order valence-corrected chi connectivity index (χ2v) is 9.58. The van der Waals surface area contributed by atoms with Crippen molar-refractivity contribution in [2.45, 2.75) is 37.1 Å². The zero-order valence-electron chi connectivity index (χ0n) is 15.3. The van der Waals surface area contributed by atoms with Gasteiger partial charge in [-0.15, -0.1) is 0 Å². The van der Waals surface area contributed by atoms with Crippen LogP contribution in [0, 0.1) is 0 Å². The van der Waals surface area contributed by atoms with E-state index in [1.165, 1.54) is 4.31 Å². The number of halogens is 2. The molecule has 1 saturated heterocycles. The van der Waals surface area contributed by atoms with E-state index in [1.54, 1.807) is 42.5 Å². The van der Waals surface area contributed by atoms with Crippen molar-refractivity contribution < 1.29 is 13.2 Å². The van der Waals surface area contributed by atoms with Crippen LogP contribution < -0.4 is 5.32 Å². The van der Waals surface area contributed by atoms with Crippen molar-refractivity contribution in [2.24, 2.45) is 0 Å². The predicted molar refractivity (Wildman–Crippen MR) is 111 cm³/mol. The maximum Gasteiger partial charge on any atom is 0.243 e. The summed E-state index contributed by atoms with van der Waals surface area (Å²) in [5, 5.41) is 3.85. The first-order chi connectivity index (χ1) is 13.4. The van der Waals surface area contributed by atoms with Gasteiger partial charge < -0.3 is 5.32 Å². The number of sulfonamides is 1. The van der Waals surface area contributed by atoms with Crippen LogP contribution in [0.4, 0.5) is 0 Å². The third-order valence-electron chi connectivity index (χ3n) is 4.73. The number of carbonyl (C=O) groups is 1. The molecule has 0 aliphatic carbocycles. The molecule has 0 aromatic heterocycles. The molecule has 0 unspecified atom stereocenters. The average Bonchev–Trinajstić information content (AvgIpc) is 2.68. The number of carbonyl (C=O) groups excluding carboxylic acids is 1. The average molecular weight is 441 g/mol. The summed E-state index contributed by atoms with van der Waals surface area (Å²) in [5.41, 5.74) is 1.53. The van der Waals surface area contributed by atoms with Crippen LogP contribution in [-0.2, 0) is 27.8 Å². The molecule has 5 nitrogen and oxygen atoms in total. The standard InChI is InChI=1S/C20H22Cl2N2O3S/c21-17-7-6-16(19(22)13-17)14-23-20(25)12-15-4-8-18(9-5-15)28(26,27)24-10-2-1-3-11-24/h4-9,13H,1-3,10-12,14H2,(H,23,25). The SMILES string of the molecule is O=C(Cc1ccc(S(=O)(=O)N2CCCCC2)cc1)NCc1ccc(Cl)cc1Cl. The van der Waals surface area contributed by atoms with E-state index in [2.05, 4.69) is 5.32 Å². The van der Waals surface area contributed by atoms with Crippen LogP contribution in [0.3, 0.4) is 0 Å². The highest BCUT2D eigenvalue weighted by atomic mass is 35.5. The summed E-state index contributed by atoms with van der Waals surface area (Å²) >= 11 is 12.0. The van der Waals surface area contributed by atoms with Gasteiger partial charge in [-0.1, -0.05) is 47.8 Å². The molecule has 0 atom stereocenters. The van der Waals surface area contributed by atoms with Gasteiger partial charge in [-0.25, -0.2) is 8.42 Å². The molecule has 1 N–H and O–H groups in total. The minimum Gasteiger partial charge on any atom is -0.352 e. The molecular formula is C20H22Cl2N2O3S. The number of nitrogens with zero attached hydrogens (tertiary/aromatic N) is 1. The van der Waals surface area contributed by atoms with E-state index in [9.17, 15) is 13.2 Å². The number of hydrogen-bond donors (Lipinski definition) is 1. The van der Waals surface area contributed by atoms with E-state index >= 15 is 0 Å². The molecule has 8 heteroatoms. The lowest BCUT2D eigenvalue weighted by molar-refractivity contribution is -0.120. The summed E-state index contributed by atoms with van der Waals surface area (Å²) in [6.45, 7) is 1.44. The highest BCUT2D eigenvalue weighted by Crippen LogP contribution is 2.22. The second-order valence-electron chi connectivity index (χ2n) is 6.80. The Balaban J connectivity index is 1.58. The molecule has 0 saturated carbocycles. The van der Waals surface area contributed by atoms with Gasteiger partial charge in [-0.2, -0.15) is 4.31 Å². The Morgan fingerprint density at radius 1 is 1.00 bits per heavy atom. The third kappa shape index (κ3) is 5.26. The highest BCUT2D eigenvalue weighted by molar-refractivity contribution is 7.89. The Hall–Kier alpha value is -1.60. The van der Waals surface area contributed by atoms with Crippen LogP contribution in [0.25, 0.3) is 0 Å². The van der Waals surface area contributed by atoms with Gasteiger partial charge in [0.05, 0.1) is 11.3 Å². The first-order valence-corrected chi connectivity index (χ1v) is 11.4. The molecule has 1 aliphatic heterocycles. The quantitative estimate of drug-likeness (QED) is 0.736. The van der Waals surface area contributed by atoms with Gasteiger partial charge >= 0.3 is 0 Å².